The fourth-order valence-corrected chi connectivity index (χ4v) is 5.24. The number of fused-ring (bicyclic) bond motifs is 1. The quantitative estimate of drug-likeness (QED) is 0.129. The molecule has 1 amide bonds. The number of furan rings is 1. The number of carbonyl (C=O) groups excluding carboxylic acids is 1. The minimum absolute atomic E-state index is 0.189. The first kappa shape index (κ1) is 23.3. The van der Waals surface area contributed by atoms with Crippen molar-refractivity contribution < 1.29 is 13.9 Å². The van der Waals surface area contributed by atoms with Crippen LogP contribution < -0.4 is 10.2 Å². The van der Waals surface area contributed by atoms with E-state index in [1.807, 2.05) is 48.5 Å². The molecular weight excluding hydrogens is 674 g/mol. The second-order valence-electron chi connectivity index (χ2n) is 6.69. The Hall–Kier alpha value is -1.88. The minimum Gasteiger partial charge on any atom is -0.487 e. The van der Waals surface area contributed by atoms with Gasteiger partial charge in [-0.1, -0.05) is 45.7 Å². The summed E-state index contributed by atoms with van der Waals surface area (Å²) in [5.74, 6) is 0.469. The smallest absolute Gasteiger partial charge is 0.307 e. The van der Waals surface area contributed by atoms with Gasteiger partial charge in [-0.15, -0.1) is 0 Å². The Bertz CT molecular complexity index is 1320. The highest BCUT2D eigenvalue weighted by Crippen LogP contribution is 2.33. The van der Waals surface area contributed by atoms with Crippen LogP contribution in [0.15, 0.2) is 79.1 Å². The van der Waals surface area contributed by atoms with E-state index in [1.54, 1.807) is 18.3 Å². The summed E-state index contributed by atoms with van der Waals surface area (Å²) < 4.78 is 14.1. The average molecular weight is 689 g/mol. The third kappa shape index (κ3) is 5.54. The second-order valence-corrected chi connectivity index (χ2v) is 10.0. The summed E-state index contributed by atoms with van der Waals surface area (Å²) in [5.41, 5.74) is 4.82. The molecule has 32 heavy (non-hydrogen) atoms. The lowest BCUT2D eigenvalue weighted by Crippen LogP contribution is -2.16. The van der Waals surface area contributed by atoms with Crippen molar-refractivity contribution in [1.82, 2.24) is 5.43 Å². The topological polar surface area (TPSA) is 63.8 Å². The van der Waals surface area contributed by atoms with Gasteiger partial charge in [0, 0.05) is 20.4 Å². The summed E-state index contributed by atoms with van der Waals surface area (Å²) in [4.78, 5) is 12.4. The molecule has 0 aliphatic carbocycles. The van der Waals surface area contributed by atoms with Crippen LogP contribution in [0.3, 0.4) is 0 Å². The molecule has 5 nitrogen and oxygen atoms in total. The Kier molecular flexibility index (Phi) is 7.55. The standard InChI is InChI=1S/C23H14Br2ClIN2O3/c24-16-5-6-20-15(9-16)10-21(32-20)23(30)29-28-11-13-7-17(25)22(19(27)8-13)31-12-14-3-1-2-4-18(14)26/h1-11H,12H2,(H,29,30)/b28-11+. The molecule has 1 N–H and O–H groups in total. The van der Waals surface area contributed by atoms with Crippen LogP contribution in [0.25, 0.3) is 11.0 Å². The molecule has 0 radical (unpaired) electrons. The highest BCUT2D eigenvalue weighted by Gasteiger charge is 2.13. The summed E-state index contributed by atoms with van der Waals surface area (Å²) in [5, 5.41) is 5.54. The summed E-state index contributed by atoms with van der Waals surface area (Å²) in [6.45, 7) is 0.353. The lowest BCUT2D eigenvalue weighted by Gasteiger charge is -2.12. The van der Waals surface area contributed by atoms with E-state index in [9.17, 15) is 4.79 Å². The van der Waals surface area contributed by atoms with Crippen LogP contribution in [-0.2, 0) is 6.61 Å². The van der Waals surface area contributed by atoms with Crippen molar-refractivity contribution in [2.75, 3.05) is 0 Å². The van der Waals surface area contributed by atoms with Crippen molar-refractivity contribution >= 4 is 89.1 Å². The van der Waals surface area contributed by atoms with Gasteiger partial charge < -0.3 is 9.15 Å². The summed E-state index contributed by atoms with van der Waals surface area (Å²) in [6.07, 6.45) is 1.56. The average Bonchev–Trinajstić information content (AvgIpc) is 3.17. The number of hydrogen-bond donors (Lipinski definition) is 1. The zero-order valence-corrected chi connectivity index (χ0v) is 22.3. The number of amides is 1. The molecule has 0 aliphatic rings. The third-order valence-electron chi connectivity index (χ3n) is 4.43. The van der Waals surface area contributed by atoms with Gasteiger partial charge in [0.15, 0.2) is 5.76 Å². The molecule has 0 bridgehead atoms. The first-order valence-corrected chi connectivity index (χ1v) is 12.3. The van der Waals surface area contributed by atoms with Crippen LogP contribution in [0.4, 0.5) is 0 Å². The van der Waals surface area contributed by atoms with Crippen LogP contribution in [0, 0.1) is 3.57 Å². The SMILES string of the molecule is O=C(N/N=C/c1cc(Br)c(OCc2ccccc2Cl)c(I)c1)c1cc2cc(Br)ccc2o1. The molecule has 4 aromatic rings. The normalized spacial score (nSPS) is 11.2. The highest BCUT2D eigenvalue weighted by molar-refractivity contribution is 14.1. The minimum atomic E-state index is -0.429. The van der Waals surface area contributed by atoms with E-state index < -0.39 is 5.91 Å². The predicted molar refractivity (Wildman–Crippen MR) is 142 cm³/mol. The van der Waals surface area contributed by atoms with E-state index in [0.29, 0.717) is 23.0 Å². The van der Waals surface area contributed by atoms with Gasteiger partial charge in [0.2, 0.25) is 0 Å². The van der Waals surface area contributed by atoms with E-state index in [4.69, 9.17) is 20.8 Å². The van der Waals surface area contributed by atoms with Crippen molar-refractivity contribution in [3.05, 3.63) is 95.1 Å². The molecule has 0 fully saturated rings. The van der Waals surface area contributed by atoms with Gasteiger partial charge in [0.25, 0.3) is 0 Å². The molecule has 1 heterocycles. The van der Waals surface area contributed by atoms with Crippen molar-refractivity contribution in [1.29, 1.82) is 0 Å². The van der Waals surface area contributed by atoms with Crippen molar-refractivity contribution in [3.8, 4) is 5.75 Å². The fraction of sp³-hybridized carbons (Fsp3) is 0.0435. The zero-order chi connectivity index (χ0) is 22.7. The number of halogens is 4. The Morgan fingerprint density at radius 3 is 2.75 bits per heavy atom. The molecule has 3 aromatic carbocycles. The molecule has 0 aliphatic heterocycles. The lowest BCUT2D eigenvalue weighted by molar-refractivity contribution is 0.0929. The van der Waals surface area contributed by atoms with E-state index in [1.165, 1.54) is 0 Å². The van der Waals surface area contributed by atoms with Crippen LogP contribution in [0.5, 0.6) is 5.75 Å². The van der Waals surface area contributed by atoms with Gasteiger partial charge in [0.05, 0.1) is 14.3 Å². The highest BCUT2D eigenvalue weighted by atomic mass is 127. The van der Waals surface area contributed by atoms with Gasteiger partial charge in [0.1, 0.15) is 17.9 Å². The largest absolute Gasteiger partial charge is 0.487 e. The molecule has 0 saturated carbocycles. The van der Waals surface area contributed by atoms with Crippen LogP contribution in [0.1, 0.15) is 21.7 Å². The van der Waals surface area contributed by atoms with E-state index in [0.717, 1.165) is 29.0 Å². The van der Waals surface area contributed by atoms with Crippen LogP contribution in [-0.4, -0.2) is 12.1 Å². The Morgan fingerprint density at radius 1 is 1.16 bits per heavy atom. The Balaban J connectivity index is 1.42. The molecule has 162 valence electrons. The first-order valence-electron chi connectivity index (χ1n) is 9.28. The van der Waals surface area contributed by atoms with Gasteiger partial charge in [-0.2, -0.15) is 5.10 Å². The number of carbonyl (C=O) groups is 1. The molecule has 0 spiro atoms. The van der Waals surface area contributed by atoms with E-state index in [-0.39, 0.29) is 5.76 Å². The fourth-order valence-electron chi connectivity index (χ4n) is 2.90. The molecule has 0 atom stereocenters. The maximum atomic E-state index is 12.4. The van der Waals surface area contributed by atoms with Crippen molar-refractivity contribution in [2.45, 2.75) is 6.61 Å². The molecule has 0 saturated heterocycles. The van der Waals surface area contributed by atoms with Gasteiger partial charge in [-0.25, -0.2) is 5.43 Å². The molecule has 4 rings (SSSR count). The molecular formula is C23H14Br2ClIN2O3. The summed E-state index contributed by atoms with van der Waals surface area (Å²) in [6, 6.07) is 18.5. The van der Waals surface area contributed by atoms with Crippen LogP contribution >= 0.6 is 66.1 Å². The van der Waals surface area contributed by atoms with Crippen molar-refractivity contribution in [2.24, 2.45) is 5.10 Å². The number of nitrogens with zero attached hydrogens (tertiary/aromatic N) is 1. The van der Waals surface area contributed by atoms with Gasteiger partial charge in [-0.05, 0) is 86.5 Å². The second kappa shape index (κ2) is 10.4. The van der Waals surface area contributed by atoms with Gasteiger partial charge >= 0.3 is 5.91 Å². The monoisotopic (exact) mass is 686 g/mol. The lowest BCUT2D eigenvalue weighted by atomic mass is 10.2. The predicted octanol–water partition coefficient (Wildman–Crippen LogP) is 7.56. The Labute approximate surface area is 219 Å². The molecule has 0 unspecified atom stereocenters. The number of hydrazone groups is 1. The molecule has 9 heteroatoms. The van der Waals surface area contributed by atoms with Gasteiger partial charge in [-0.3, -0.25) is 4.79 Å². The first-order chi connectivity index (χ1) is 15.4. The summed E-state index contributed by atoms with van der Waals surface area (Å²) in [7, 11) is 0. The number of hydrogen-bond acceptors (Lipinski definition) is 4. The van der Waals surface area contributed by atoms with E-state index in [2.05, 4.69) is 65.0 Å². The third-order valence-corrected chi connectivity index (χ3v) is 6.68. The maximum Gasteiger partial charge on any atom is 0.307 e. The maximum absolute atomic E-state index is 12.4. The number of nitrogens with one attached hydrogen (secondary N) is 1. The Morgan fingerprint density at radius 2 is 1.97 bits per heavy atom. The van der Waals surface area contributed by atoms with E-state index >= 15 is 0 Å². The zero-order valence-electron chi connectivity index (χ0n) is 16.2. The number of rotatable bonds is 6. The van der Waals surface area contributed by atoms with Crippen LogP contribution in [0.2, 0.25) is 5.02 Å². The summed E-state index contributed by atoms with van der Waals surface area (Å²) >= 11 is 15.3. The molecule has 1 aromatic heterocycles. The number of ether oxygens (including phenoxy) is 1. The number of benzene rings is 3. The van der Waals surface area contributed by atoms with Crippen molar-refractivity contribution in [3.63, 3.8) is 0 Å².